The molecule has 3 N–H and O–H groups in total. The summed E-state index contributed by atoms with van der Waals surface area (Å²) in [5.74, 6) is 1.68. The average Bonchev–Trinajstić information content (AvgIpc) is 3.68. The van der Waals surface area contributed by atoms with Gasteiger partial charge in [-0.05, 0) is 58.8 Å². The summed E-state index contributed by atoms with van der Waals surface area (Å²) < 4.78 is 17.1. The number of amides is 1. The van der Waals surface area contributed by atoms with Crippen LogP contribution in [0, 0.1) is 0 Å². The number of hydrogen-bond donors (Lipinski definition) is 2. The molecule has 0 spiro atoms. The lowest BCUT2D eigenvalue weighted by atomic mass is 10.2. The van der Waals surface area contributed by atoms with Gasteiger partial charge in [-0.25, -0.2) is 9.61 Å². The van der Waals surface area contributed by atoms with Gasteiger partial charge in [0.25, 0.3) is 5.89 Å². The molecule has 1 amide bonds. The highest BCUT2D eigenvalue weighted by Crippen LogP contribution is 2.28. The third kappa shape index (κ3) is 4.30. The Labute approximate surface area is 215 Å². The van der Waals surface area contributed by atoms with E-state index in [1.807, 2.05) is 54.6 Å². The number of ether oxygens (including phenoxy) is 1. The molecule has 0 atom stereocenters. The van der Waals surface area contributed by atoms with Gasteiger partial charge in [-0.3, -0.25) is 4.79 Å². The lowest BCUT2D eigenvalue weighted by molar-refractivity contribution is -0.116. The van der Waals surface area contributed by atoms with E-state index in [9.17, 15) is 4.79 Å². The second kappa shape index (κ2) is 9.50. The lowest BCUT2D eigenvalue weighted by Crippen LogP contribution is -2.19. The van der Waals surface area contributed by atoms with Gasteiger partial charge in [0.15, 0.2) is 17.3 Å². The summed E-state index contributed by atoms with van der Waals surface area (Å²) in [6.07, 6.45) is 0. The highest BCUT2D eigenvalue weighted by Gasteiger charge is 2.21. The van der Waals surface area contributed by atoms with Gasteiger partial charge < -0.3 is 24.9 Å². The molecule has 0 saturated heterocycles. The standard InChI is InChI=1S/C26H20N8O4/c1-36-18-11-9-15(10-12-18)26-30-24(33-37-26)16-5-4-6-17(13-16)28-21(35)14-34-20-8-3-2-7-19(20)29-25(34)22-23(27)32-38-31-22/h2-13H,14H2,1H3,(H2,27,32)(H,28,35). The predicted molar refractivity (Wildman–Crippen MR) is 138 cm³/mol. The fraction of sp³-hybridized carbons (Fsp3) is 0.0769. The van der Waals surface area contributed by atoms with Gasteiger partial charge >= 0.3 is 0 Å². The molecule has 0 unspecified atom stereocenters. The molecule has 12 heteroatoms. The molecule has 0 aliphatic heterocycles. The van der Waals surface area contributed by atoms with Gasteiger partial charge in [0.1, 0.15) is 12.3 Å². The van der Waals surface area contributed by atoms with E-state index in [4.69, 9.17) is 19.6 Å². The van der Waals surface area contributed by atoms with Crippen LogP contribution < -0.4 is 15.8 Å². The number of carbonyl (C=O) groups is 1. The lowest BCUT2D eigenvalue weighted by Gasteiger charge is -2.09. The molecule has 3 heterocycles. The zero-order valence-corrected chi connectivity index (χ0v) is 20.0. The van der Waals surface area contributed by atoms with Crippen LogP contribution in [0.3, 0.4) is 0 Å². The molecular formula is C26H20N8O4. The first-order valence-corrected chi connectivity index (χ1v) is 11.5. The fourth-order valence-corrected chi connectivity index (χ4v) is 4.04. The van der Waals surface area contributed by atoms with Crippen LogP contribution in [0.5, 0.6) is 5.75 Å². The van der Waals surface area contributed by atoms with Gasteiger partial charge in [0, 0.05) is 16.8 Å². The van der Waals surface area contributed by atoms with Crippen LogP contribution in [0.25, 0.3) is 45.4 Å². The number of hydrogen-bond acceptors (Lipinski definition) is 10. The van der Waals surface area contributed by atoms with Crippen LogP contribution in [-0.4, -0.2) is 43.0 Å². The van der Waals surface area contributed by atoms with E-state index in [1.165, 1.54) is 0 Å². The Morgan fingerprint density at radius 3 is 2.61 bits per heavy atom. The van der Waals surface area contributed by atoms with Crippen LogP contribution in [0.1, 0.15) is 0 Å². The van der Waals surface area contributed by atoms with Crippen molar-refractivity contribution in [3.8, 4) is 40.1 Å². The minimum absolute atomic E-state index is 0.0454. The summed E-state index contributed by atoms with van der Waals surface area (Å²) in [6, 6.07) is 21.9. The van der Waals surface area contributed by atoms with Gasteiger partial charge in [-0.15, -0.1) is 0 Å². The van der Waals surface area contributed by atoms with Crippen molar-refractivity contribution < 1.29 is 18.7 Å². The quantitative estimate of drug-likeness (QED) is 0.322. The molecule has 6 rings (SSSR count). The molecule has 188 valence electrons. The molecule has 12 nitrogen and oxygen atoms in total. The number of carbonyl (C=O) groups excluding carboxylic acids is 1. The van der Waals surface area contributed by atoms with E-state index in [2.05, 4.69) is 30.8 Å². The van der Waals surface area contributed by atoms with Crippen molar-refractivity contribution in [3.05, 3.63) is 72.8 Å². The zero-order valence-electron chi connectivity index (χ0n) is 20.0. The summed E-state index contributed by atoms with van der Waals surface area (Å²) in [4.78, 5) is 22.2. The summed E-state index contributed by atoms with van der Waals surface area (Å²) in [5, 5.41) is 14.5. The van der Waals surface area contributed by atoms with Crippen molar-refractivity contribution in [1.82, 2.24) is 30.0 Å². The van der Waals surface area contributed by atoms with Crippen molar-refractivity contribution in [2.45, 2.75) is 6.54 Å². The topological polar surface area (TPSA) is 160 Å². The first-order valence-electron chi connectivity index (χ1n) is 11.5. The number of fused-ring (bicyclic) bond motifs is 1. The Morgan fingerprint density at radius 1 is 0.974 bits per heavy atom. The van der Waals surface area contributed by atoms with Gasteiger partial charge in [-0.1, -0.05) is 29.4 Å². The summed E-state index contributed by atoms with van der Waals surface area (Å²) in [6.45, 7) is -0.0454. The van der Waals surface area contributed by atoms with Gasteiger partial charge in [0.05, 0.1) is 18.1 Å². The molecule has 0 aliphatic rings. The van der Waals surface area contributed by atoms with E-state index >= 15 is 0 Å². The molecular weight excluding hydrogens is 488 g/mol. The first-order chi connectivity index (χ1) is 18.6. The number of anilines is 2. The van der Waals surface area contributed by atoms with Crippen LogP contribution in [-0.2, 0) is 11.3 Å². The molecule has 0 bridgehead atoms. The van der Waals surface area contributed by atoms with Gasteiger partial charge in [-0.2, -0.15) is 4.98 Å². The fourth-order valence-electron chi connectivity index (χ4n) is 4.04. The third-order valence-electron chi connectivity index (χ3n) is 5.85. The van der Waals surface area contributed by atoms with Crippen molar-refractivity contribution in [1.29, 1.82) is 0 Å². The Morgan fingerprint density at radius 2 is 1.82 bits per heavy atom. The van der Waals surface area contributed by atoms with Crippen LogP contribution in [0.2, 0.25) is 0 Å². The monoisotopic (exact) mass is 508 g/mol. The molecule has 0 aliphatic carbocycles. The SMILES string of the molecule is COc1ccc(-c2nc(-c3cccc(NC(=O)Cn4c(-c5nonc5N)nc5ccccc54)c3)no2)cc1. The largest absolute Gasteiger partial charge is 0.497 e. The average molecular weight is 508 g/mol. The molecule has 0 saturated carbocycles. The molecule has 0 fully saturated rings. The number of nitrogens with two attached hydrogens (primary N) is 1. The van der Waals surface area contributed by atoms with E-state index in [1.54, 1.807) is 29.9 Å². The summed E-state index contributed by atoms with van der Waals surface area (Å²) >= 11 is 0. The maximum atomic E-state index is 13.1. The molecule has 38 heavy (non-hydrogen) atoms. The Bertz CT molecular complexity index is 1750. The van der Waals surface area contributed by atoms with Gasteiger partial charge in [0.2, 0.25) is 11.7 Å². The first kappa shape index (κ1) is 22.9. The van der Waals surface area contributed by atoms with Crippen LogP contribution >= 0.6 is 0 Å². The minimum Gasteiger partial charge on any atom is -0.497 e. The summed E-state index contributed by atoms with van der Waals surface area (Å²) in [7, 11) is 1.60. The number of methoxy groups -OCH3 is 1. The van der Waals surface area contributed by atoms with Crippen LogP contribution in [0.4, 0.5) is 11.5 Å². The molecule has 6 aromatic rings. The Kier molecular flexibility index (Phi) is 5.73. The number of benzene rings is 3. The van der Waals surface area contributed by atoms with Crippen molar-refractivity contribution in [2.24, 2.45) is 0 Å². The van der Waals surface area contributed by atoms with E-state index in [-0.39, 0.29) is 24.0 Å². The summed E-state index contributed by atoms with van der Waals surface area (Å²) in [5.41, 5.74) is 9.60. The van der Waals surface area contributed by atoms with Crippen molar-refractivity contribution in [2.75, 3.05) is 18.2 Å². The number of nitrogens with zero attached hydrogens (tertiary/aromatic N) is 6. The normalized spacial score (nSPS) is 11.1. The maximum absolute atomic E-state index is 13.1. The molecule has 3 aromatic carbocycles. The van der Waals surface area contributed by atoms with Crippen LogP contribution in [0.15, 0.2) is 81.9 Å². The highest BCUT2D eigenvalue weighted by atomic mass is 16.6. The van der Waals surface area contributed by atoms with Crippen molar-refractivity contribution >= 4 is 28.4 Å². The Balaban J connectivity index is 1.23. The molecule has 3 aromatic heterocycles. The second-order valence-electron chi connectivity index (χ2n) is 8.29. The van der Waals surface area contributed by atoms with Crippen molar-refractivity contribution in [3.63, 3.8) is 0 Å². The molecule has 0 radical (unpaired) electrons. The van der Waals surface area contributed by atoms with E-state index < -0.39 is 0 Å². The Hall–Kier alpha value is -5.52. The number of nitrogen functional groups attached to an aromatic ring is 1. The number of rotatable bonds is 7. The third-order valence-corrected chi connectivity index (χ3v) is 5.85. The predicted octanol–water partition coefficient (Wildman–Crippen LogP) is 4.03. The van der Waals surface area contributed by atoms with E-state index in [0.717, 1.165) is 16.8 Å². The highest BCUT2D eigenvalue weighted by molar-refractivity contribution is 5.93. The number of imidazole rings is 1. The number of aromatic nitrogens is 6. The smallest absolute Gasteiger partial charge is 0.258 e. The zero-order chi connectivity index (χ0) is 26.1. The number of nitrogens with one attached hydrogen (secondary N) is 1. The maximum Gasteiger partial charge on any atom is 0.258 e. The second-order valence-corrected chi connectivity index (χ2v) is 8.29. The number of para-hydroxylation sites is 2. The van der Waals surface area contributed by atoms with E-state index in [0.29, 0.717) is 34.3 Å². The minimum atomic E-state index is -0.284.